The van der Waals surface area contributed by atoms with Gasteiger partial charge in [-0.05, 0) is 54.9 Å². The maximum Gasteiger partial charge on any atom is 0.164 e. The Bertz CT molecular complexity index is 2560. The second-order valence-electron chi connectivity index (χ2n) is 11.6. The highest BCUT2D eigenvalue weighted by Gasteiger charge is 2.18. The van der Waals surface area contributed by atoms with Crippen LogP contribution in [0.3, 0.4) is 0 Å². The summed E-state index contributed by atoms with van der Waals surface area (Å²) in [7, 11) is 0. The molecule has 0 aliphatic rings. The highest BCUT2D eigenvalue weighted by Crippen LogP contribution is 2.41. The molecule has 0 N–H and O–H groups in total. The lowest BCUT2D eigenvalue weighted by Crippen LogP contribution is -2.01. The molecule has 0 aliphatic carbocycles. The Morgan fingerprint density at radius 1 is 0.283 bits per heavy atom. The van der Waals surface area contributed by atoms with Crippen molar-refractivity contribution in [2.45, 2.75) is 0 Å². The number of hydrogen-bond donors (Lipinski definition) is 0. The molecule has 9 aromatic rings. The zero-order valence-electron chi connectivity index (χ0n) is 24.9. The van der Waals surface area contributed by atoms with Gasteiger partial charge in [0, 0.05) is 22.1 Å². The average Bonchev–Trinajstić information content (AvgIpc) is 3.14. The molecule has 0 bridgehead atoms. The fourth-order valence-corrected chi connectivity index (χ4v) is 6.67. The molecule has 3 nitrogen and oxygen atoms in total. The zero-order chi connectivity index (χ0) is 30.5. The van der Waals surface area contributed by atoms with Crippen molar-refractivity contribution in [2.24, 2.45) is 0 Å². The molecule has 8 aromatic carbocycles. The van der Waals surface area contributed by atoms with Gasteiger partial charge in [-0.3, -0.25) is 0 Å². The van der Waals surface area contributed by atoms with Crippen LogP contribution >= 0.6 is 0 Å². The lowest BCUT2D eigenvalue weighted by Gasteiger charge is -2.16. The third-order valence-corrected chi connectivity index (χ3v) is 8.89. The first-order valence-electron chi connectivity index (χ1n) is 15.5. The zero-order valence-corrected chi connectivity index (χ0v) is 24.9. The third-order valence-electron chi connectivity index (χ3n) is 8.89. The van der Waals surface area contributed by atoms with Gasteiger partial charge in [0.1, 0.15) is 0 Å². The second-order valence-corrected chi connectivity index (χ2v) is 11.6. The van der Waals surface area contributed by atoms with E-state index >= 15 is 0 Å². The fourth-order valence-electron chi connectivity index (χ4n) is 6.67. The van der Waals surface area contributed by atoms with Crippen LogP contribution in [0.5, 0.6) is 0 Å². The standard InChI is InChI=1S/C43H27N3/c1-3-11-28(12-4-1)29-19-22-33(23-20-29)42-44-41(32-15-5-2-6-16-32)45-43(46-42)38-27-34-24-21-30-13-7-9-17-35(30)39(34)37-26-25-31-14-8-10-18-36(31)40(37)38/h1-27H. The van der Waals surface area contributed by atoms with Gasteiger partial charge in [-0.2, -0.15) is 0 Å². The van der Waals surface area contributed by atoms with E-state index in [0.29, 0.717) is 17.5 Å². The Morgan fingerprint density at radius 3 is 1.41 bits per heavy atom. The van der Waals surface area contributed by atoms with Gasteiger partial charge in [-0.25, -0.2) is 15.0 Å². The molecule has 1 heterocycles. The molecular weight excluding hydrogens is 558 g/mol. The minimum Gasteiger partial charge on any atom is -0.208 e. The predicted molar refractivity (Wildman–Crippen MR) is 192 cm³/mol. The van der Waals surface area contributed by atoms with Gasteiger partial charge >= 0.3 is 0 Å². The average molecular weight is 586 g/mol. The molecule has 46 heavy (non-hydrogen) atoms. The van der Waals surface area contributed by atoms with Crippen LogP contribution < -0.4 is 0 Å². The van der Waals surface area contributed by atoms with Crippen molar-refractivity contribution >= 4 is 43.1 Å². The highest BCUT2D eigenvalue weighted by atomic mass is 15.0. The summed E-state index contributed by atoms with van der Waals surface area (Å²) in [4.78, 5) is 15.4. The summed E-state index contributed by atoms with van der Waals surface area (Å²) in [6.07, 6.45) is 0. The molecule has 214 valence electrons. The summed E-state index contributed by atoms with van der Waals surface area (Å²) >= 11 is 0. The van der Waals surface area contributed by atoms with Crippen molar-refractivity contribution in [2.75, 3.05) is 0 Å². The van der Waals surface area contributed by atoms with Crippen LogP contribution in [0.25, 0.3) is 88.4 Å². The number of nitrogens with zero attached hydrogens (tertiary/aromatic N) is 3. The van der Waals surface area contributed by atoms with E-state index < -0.39 is 0 Å². The molecule has 0 amide bonds. The topological polar surface area (TPSA) is 38.7 Å². The van der Waals surface area contributed by atoms with Crippen molar-refractivity contribution in [1.29, 1.82) is 0 Å². The van der Waals surface area contributed by atoms with Gasteiger partial charge in [0.15, 0.2) is 17.5 Å². The predicted octanol–water partition coefficient (Wildman–Crippen LogP) is 11.2. The van der Waals surface area contributed by atoms with E-state index in [1.807, 2.05) is 24.3 Å². The van der Waals surface area contributed by atoms with E-state index in [1.165, 1.54) is 37.9 Å². The van der Waals surface area contributed by atoms with Gasteiger partial charge in [0.05, 0.1) is 0 Å². The number of rotatable bonds is 4. The first kappa shape index (κ1) is 26.2. The SMILES string of the molecule is c1ccc(-c2ccc(-c3nc(-c4ccccc4)nc(-c4cc5ccc6ccccc6c5c5ccc6ccccc6c45)n3)cc2)cc1. The van der Waals surface area contributed by atoms with Crippen molar-refractivity contribution in [3.05, 3.63) is 164 Å². The van der Waals surface area contributed by atoms with Crippen LogP contribution in [-0.4, -0.2) is 15.0 Å². The fraction of sp³-hybridized carbons (Fsp3) is 0. The van der Waals surface area contributed by atoms with E-state index in [1.54, 1.807) is 0 Å². The lowest BCUT2D eigenvalue weighted by atomic mass is 9.90. The summed E-state index contributed by atoms with van der Waals surface area (Å²) in [5.41, 5.74) is 5.23. The molecule has 0 fully saturated rings. The largest absolute Gasteiger partial charge is 0.208 e. The Morgan fingerprint density at radius 2 is 0.739 bits per heavy atom. The first-order chi connectivity index (χ1) is 22.8. The summed E-state index contributed by atoms with van der Waals surface area (Å²) in [6, 6.07) is 57.5. The molecule has 0 spiro atoms. The van der Waals surface area contributed by atoms with Crippen molar-refractivity contribution in [1.82, 2.24) is 15.0 Å². The maximum absolute atomic E-state index is 5.21. The van der Waals surface area contributed by atoms with Gasteiger partial charge in [-0.15, -0.1) is 0 Å². The molecule has 9 rings (SSSR count). The Balaban J connectivity index is 1.34. The molecule has 0 aliphatic heterocycles. The van der Waals surface area contributed by atoms with Gasteiger partial charge in [0.25, 0.3) is 0 Å². The monoisotopic (exact) mass is 585 g/mol. The summed E-state index contributed by atoms with van der Waals surface area (Å²) in [6.45, 7) is 0. The molecule has 3 heteroatoms. The smallest absolute Gasteiger partial charge is 0.164 e. The third kappa shape index (κ3) is 4.41. The van der Waals surface area contributed by atoms with Crippen LogP contribution in [0.4, 0.5) is 0 Å². The maximum atomic E-state index is 5.21. The Hall–Kier alpha value is -6.19. The van der Waals surface area contributed by atoms with Crippen LogP contribution in [0.2, 0.25) is 0 Å². The van der Waals surface area contributed by atoms with E-state index in [9.17, 15) is 0 Å². The van der Waals surface area contributed by atoms with Gasteiger partial charge < -0.3 is 0 Å². The number of hydrogen-bond acceptors (Lipinski definition) is 3. The van der Waals surface area contributed by atoms with E-state index in [0.717, 1.165) is 33.0 Å². The normalized spacial score (nSPS) is 11.5. The number of fused-ring (bicyclic) bond motifs is 7. The van der Waals surface area contributed by atoms with Gasteiger partial charge in [-0.1, -0.05) is 158 Å². The van der Waals surface area contributed by atoms with E-state index in [4.69, 9.17) is 15.0 Å². The molecular formula is C43H27N3. The first-order valence-corrected chi connectivity index (χ1v) is 15.5. The van der Waals surface area contributed by atoms with Crippen molar-refractivity contribution in [3.63, 3.8) is 0 Å². The van der Waals surface area contributed by atoms with Crippen molar-refractivity contribution in [3.8, 4) is 45.3 Å². The molecule has 0 saturated carbocycles. The summed E-state index contributed by atoms with van der Waals surface area (Å²) in [5.74, 6) is 1.96. The van der Waals surface area contributed by atoms with E-state index in [-0.39, 0.29) is 0 Å². The summed E-state index contributed by atoms with van der Waals surface area (Å²) < 4.78 is 0. The molecule has 0 atom stereocenters. The molecule has 0 radical (unpaired) electrons. The Kier molecular flexibility index (Phi) is 6.14. The second kappa shape index (κ2) is 10.8. The van der Waals surface area contributed by atoms with Gasteiger partial charge in [0.2, 0.25) is 0 Å². The van der Waals surface area contributed by atoms with Crippen molar-refractivity contribution < 1.29 is 0 Å². The minimum absolute atomic E-state index is 0.649. The molecule has 0 saturated heterocycles. The quantitative estimate of drug-likeness (QED) is 0.193. The van der Waals surface area contributed by atoms with Crippen LogP contribution in [0, 0.1) is 0 Å². The summed E-state index contributed by atoms with van der Waals surface area (Å²) in [5, 5.41) is 9.58. The number of benzene rings is 8. The highest BCUT2D eigenvalue weighted by molar-refractivity contribution is 6.28. The lowest BCUT2D eigenvalue weighted by molar-refractivity contribution is 1.08. The Labute approximate surface area is 266 Å². The van der Waals surface area contributed by atoms with E-state index in [2.05, 4.69) is 140 Å². The molecule has 0 unspecified atom stereocenters. The molecule has 1 aromatic heterocycles. The minimum atomic E-state index is 0.649. The van der Waals surface area contributed by atoms with Crippen LogP contribution in [0.1, 0.15) is 0 Å². The number of aromatic nitrogens is 3. The van der Waals surface area contributed by atoms with Crippen LogP contribution in [0.15, 0.2) is 164 Å². The van der Waals surface area contributed by atoms with Crippen LogP contribution in [-0.2, 0) is 0 Å².